The van der Waals surface area contributed by atoms with Crippen LogP contribution in [-0.4, -0.2) is 69.9 Å². The highest BCUT2D eigenvalue weighted by Crippen LogP contribution is 2.75. The molecule has 0 amide bonds. The Morgan fingerprint density at radius 1 is 1.02 bits per heavy atom. The van der Waals surface area contributed by atoms with Crippen LogP contribution in [-0.2, 0) is 20.9 Å². The number of aliphatic hydroxyl groups excluding tert-OH is 1. The average molecular weight is 719 g/mol. The highest BCUT2D eigenvalue weighted by atomic mass is 16.6. The first-order chi connectivity index (χ1) is 24.2. The summed E-state index contributed by atoms with van der Waals surface area (Å²) in [6, 6.07) is 5.71. The smallest absolute Gasteiger partial charge is 0.159 e. The number of aliphatic hydroxyl groups is 2. The lowest BCUT2D eigenvalue weighted by Gasteiger charge is -2.71. The monoisotopic (exact) mass is 718 g/mol. The van der Waals surface area contributed by atoms with Crippen molar-refractivity contribution in [3.8, 4) is 5.75 Å². The Balaban J connectivity index is 1.33. The first-order valence-corrected chi connectivity index (χ1v) is 20.3. The van der Waals surface area contributed by atoms with Crippen LogP contribution in [0.25, 0.3) is 0 Å². The zero-order valence-electron chi connectivity index (χ0n) is 33.3. The summed E-state index contributed by atoms with van der Waals surface area (Å²) in [6.45, 7) is 18.6. The van der Waals surface area contributed by atoms with Gasteiger partial charge in [0, 0.05) is 42.3 Å². The van der Waals surface area contributed by atoms with E-state index in [0.29, 0.717) is 38.8 Å². The van der Waals surface area contributed by atoms with Crippen molar-refractivity contribution in [3.63, 3.8) is 0 Å². The van der Waals surface area contributed by atoms with Crippen LogP contribution < -0.4 is 10.6 Å². The third-order valence-corrected chi connectivity index (χ3v) is 16.0. The van der Waals surface area contributed by atoms with Gasteiger partial charge in [0.05, 0.1) is 17.3 Å². The molecule has 52 heavy (non-hydrogen) atoms. The van der Waals surface area contributed by atoms with Crippen LogP contribution in [0.5, 0.6) is 5.75 Å². The summed E-state index contributed by atoms with van der Waals surface area (Å²) in [4.78, 5) is 29.5. The summed E-state index contributed by atoms with van der Waals surface area (Å²) in [7, 11) is 1.90. The van der Waals surface area contributed by atoms with Crippen molar-refractivity contribution < 1.29 is 29.6 Å². The molecule has 2 aliphatic heterocycles. The van der Waals surface area contributed by atoms with E-state index in [9.17, 15) is 20.1 Å². The largest absolute Gasteiger partial charge is 0.508 e. The number of hydrogen-bond donors (Lipinski definition) is 5. The first kappa shape index (κ1) is 38.2. The maximum Gasteiger partial charge on any atom is 0.159 e. The van der Waals surface area contributed by atoms with Gasteiger partial charge in [0.2, 0.25) is 0 Å². The van der Waals surface area contributed by atoms with E-state index in [0.717, 1.165) is 55.2 Å². The number of carbonyl (C=O) groups excluding carboxylic acids is 2. The molecule has 12 atom stereocenters. The van der Waals surface area contributed by atoms with Crippen molar-refractivity contribution in [2.24, 2.45) is 39.4 Å². The molecule has 1 aromatic carbocycles. The van der Waals surface area contributed by atoms with Crippen molar-refractivity contribution in [1.29, 1.82) is 0 Å². The number of ether oxygens (including phenoxy) is 1. The van der Waals surface area contributed by atoms with Crippen molar-refractivity contribution >= 4 is 11.6 Å². The molecule has 5 N–H and O–H groups in total. The summed E-state index contributed by atoms with van der Waals surface area (Å²) in [5.41, 5.74) is 1.48. The highest BCUT2D eigenvalue weighted by molar-refractivity contribution is 6.00. The SMILES string of the molecule is CNCc1cc(O)cc([C@H]2C[C@]3(C)[C@H]4[C@H](C[C@@]5(C)[C@@H]3CCC3=C([C@H](C)C[C@@H](O)[C@H]6OC6(C)C)C(=O)C[C@@]35C)NC[C@](C)(O)CCCC[C@@]4(C)C2=O)c1. The number of carbonyl (C=O) groups is 2. The molecule has 4 aliphatic carbocycles. The molecule has 8 heteroatoms. The molecule has 0 radical (unpaired) electrons. The van der Waals surface area contributed by atoms with E-state index in [1.807, 2.05) is 33.9 Å². The number of phenols is 1. The van der Waals surface area contributed by atoms with E-state index in [2.05, 4.69) is 51.3 Å². The molecule has 288 valence electrons. The van der Waals surface area contributed by atoms with E-state index in [-0.39, 0.29) is 75.0 Å². The zero-order valence-corrected chi connectivity index (χ0v) is 33.3. The fraction of sp³-hybridized carbons (Fsp3) is 0.773. The van der Waals surface area contributed by atoms with E-state index in [1.54, 1.807) is 6.07 Å². The number of ketones is 2. The summed E-state index contributed by atoms with van der Waals surface area (Å²) in [5.74, 6) is 0.624. The van der Waals surface area contributed by atoms with E-state index >= 15 is 4.79 Å². The number of phenolic OH excluding ortho intramolecular Hbond substituents is 1. The Morgan fingerprint density at radius 2 is 1.71 bits per heavy atom. The van der Waals surface area contributed by atoms with Gasteiger partial charge in [0.1, 0.15) is 17.6 Å². The number of nitrogens with one attached hydrogen (secondary N) is 2. The normalized spacial score (nSPS) is 44.0. The summed E-state index contributed by atoms with van der Waals surface area (Å²) < 4.78 is 5.78. The van der Waals surface area contributed by atoms with Crippen molar-refractivity contribution in [2.75, 3.05) is 13.6 Å². The summed E-state index contributed by atoms with van der Waals surface area (Å²) >= 11 is 0. The Morgan fingerprint density at radius 3 is 2.38 bits per heavy atom. The number of benzene rings is 1. The quantitative estimate of drug-likeness (QED) is 0.196. The number of β-amino-alcohol motifs (C(OH)–C–C–N with tert-alkyl or cyclic N) is 1. The van der Waals surface area contributed by atoms with Gasteiger partial charge in [-0.2, -0.15) is 0 Å². The second-order valence-electron chi connectivity index (χ2n) is 20.1. The molecule has 5 fully saturated rings. The summed E-state index contributed by atoms with van der Waals surface area (Å²) in [5, 5.41) is 40.7. The van der Waals surface area contributed by atoms with Crippen LogP contribution in [0.1, 0.15) is 137 Å². The van der Waals surface area contributed by atoms with Crippen LogP contribution in [0.2, 0.25) is 0 Å². The molecule has 0 bridgehead atoms. The van der Waals surface area contributed by atoms with Gasteiger partial charge in [-0.25, -0.2) is 0 Å². The molecule has 8 nitrogen and oxygen atoms in total. The average Bonchev–Trinajstić information content (AvgIpc) is 3.59. The van der Waals surface area contributed by atoms with Crippen molar-refractivity contribution in [3.05, 3.63) is 40.5 Å². The summed E-state index contributed by atoms with van der Waals surface area (Å²) in [6.07, 6.45) is 6.71. The molecule has 7 rings (SSSR count). The molecule has 0 aromatic heterocycles. The number of Topliss-reactive ketones (excluding diaryl/α,β-unsaturated/α-hetero) is 2. The van der Waals surface area contributed by atoms with E-state index < -0.39 is 17.1 Å². The van der Waals surface area contributed by atoms with E-state index in [1.165, 1.54) is 5.57 Å². The van der Waals surface area contributed by atoms with Crippen molar-refractivity contribution in [1.82, 2.24) is 10.6 Å². The third-order valence-electron chi connectivity index (χ3n) is 16.0. The Bertz CT molecular complexity index is 1650. The van der Waals surface area contributed by atoms with Crippen LogP contribution in [0.4, 0.5) is 0 Å². The topological polar surface area (TPSA) is 131 Å². The predicted octanol–water partition coefficient (Wildman–Crippen LogP) is 6.74. The second kappa shape index (κ2) is 12.7. The molecule has 0 unspecified atom stereocenters. The van der Waals surface area contributed by atoms with Gasteiger partial charge < -0.3 is 30.7 Å². The molecule has 3 saturated carbocycles. The van der Waals surface area contributed by atoms with Crippen LogP contribution >= 0.6 is 0 Å². The van der Waals surface area contributed by atoms with Gasteiger partial charge in [0.25, 0.3) is 0 Å². The predicted molar refractivity (Wildman–Crippen MR) is 203 cm³/mol. The second-order valence-corrected chi connectivity index (χ2v) is 20.1. The Hall–Kier alpha value is -2.10. The van der Waals surface area contributed by atoms with Crippen LogP contribution in [0.15, 0.2) is 29.3 Å². The molecular formula is C44H66N2O6. The van der Waals surface area contributed by atoms with Gasteiger partial charge in [-0.15, -0.1) is 0 Å². The highest BCUT2D eigenvalue weighted by Gasteiger charge is 2.72. The van der Waals surface area contributed by atoms with Gasteiger partial charge >= 0.3 is 0 Å². The lowest BCUT2D eigenvalue weighted by Crippen LogP contribution is -2.70. The zero-order chi connectivity index (χ0) is 37.8. The first-order valence-electron chi connectivity index (χ1n) is 20.3. The van der Waals surface area contributed by atoms with Crippen molar-refractivity contribution in [2.45, 2.75) is 162 Å². The minimum Gasteiger partial charge on any atom is -0.508 e. The number of epoxide rings is 1. The maximum atomic E-state index is 15.2. The molecular weight excluding hydrogens is 652 g/mol. The number of aromatic hydroxyl groups is 1. The molecule has 0 spiro atoms. The van der Waals surface area contributed by atoms with Gasteiger partial charge in [-0.05, 0) is 130 Å². The third kappa shape index (κ3) is 5.88. The Labute approximate surface area is 311 Å². The van der Waals surface area contributed by atoms with Gasteiger partial charge in [-0.1, -0.05) is 59.1 Å². The lowest BCUT2D eigenvalue weighted by atomic mass is 9.34. The number of hydrogen-bond acceptors (Lipinski definition) is 8. The van der Waals surface area contributed by atoms with Crippen LogP contribution in [0, 0.1) is 39.4 Å². The molecule has 1 aromatic rings. The Kier molecular flexibility index (Phi) is 9.34. The molecule has 6 aliphatic rings. The standard InChI is InChI=1S/C44H66N2O6/c1-25(16-32(48)38-39(2,3)52-38)35-30-12-13-34-42(6)20-29(27-17-26(23-45-9)18-28(47)19-27)37(50)41(5)15-11-10-14-40(4,51)24-46-31(36(41)42)21-44(34,8)43(30,7)22-33(35)49/h17-19,25,29,31-32,34,36,38,45-48,51H,10-16,20-24H2,1-9H3/t25-,29-,31+,32-,34-,36+,38-,40-,41-,42+,43+,44+/m1/s1. The van der Waals surface area contributed by atoms with Gasteiger partial charge in [-0.3, -0.25) is 9.59 Å². The minimum absolute atomic E-state index is 0.0152. The maximum absolute atomic E-state index is 15.2. The molecule has 2 heterocycles. The fourth-order valence-corrected chi connectivity index (χ4v) is 13.5. The fourth-order valence-electron chi connectivity index (χ4n) is 13.5. The lowest BCUT2D eigenvalue weighted by molar-refractivity contribution is -0.198. The number of rotatable bonds is 7. The van der Waals surface area contributed by atoms with Crippen LogP contribution in [0.3, 0.4) is 0 Å². The van der Waals surface area contributed by atoms with Gasteiger partial charge in [0.15, 0.2) is 5.78 Å². The number of fused-ring (bicyclic) bond motifs is 4. The van der Waals surface area contributed by atoms with E-state index in [4.69, 9.17) is 4.74 Å². The molecule has 2 saturated heterocycles. The number of allylic oxidation sites excluding steroid dienone is 2. The minimum atomic E-state index is -0.845.